The summed E-state index contributed by atoms with van der Waals surface area (Å²) in [6.07, 6.45) is 0. The number of methoxy groups -OCH3 is 4. The molecule has 10 nitrogen and oxygen atoms in total. The van der Waals surface area contributed by atoms with Gasteiger partial charge >= 0.3 is 0 Å². The van der Waals surface area contributed by atoms with Crippen molar-refractivity contribution in [1.82, 2.24) is 14.8 Å². The lowest BCUT2D eigenvalue weighted by molar-refractivity contribution is -0.113. The minimum absolute atomic E-state index is 0.339. The number of carbonyl (C=O) groups is 1. The number of amides is 1. The van der Waals surface area contributed by atoms with Gasteiger partial charge in [-0.25, -0.2) is 4.68 Å². The zero-order valence-corrected chi connectivity index (χ0v) is 22.3. The standard InChI is InChI=1S/C29H29N5O5/c1-17-25(28(35)31-20-13-9-10-14-21(20)36-2)26(19-15-23(38-4)24(39-5)16-22(19)37-3)34-29(30-17)32-27(33-34)18-11-7-6-8-12-18/h6-16,26H,1-5H3,(H,31,35)(H,30,32,33). The second-order valence-electron chi connectivity index (χ2n) is 8.74. The summed E-state index contributed by atoms with van der Waals surface area (Å²) < 4.78 is 24.0. The van der Waals surface area contributed by atoms with Crippen LogP contribution in [-0.4, -0.2) is 49.1 Å². The maximum Gasteiger partial charge on any atom is 0.255 e. The highest BCUT2D eigenvalue weighted by Crippen LogP contribution is 2.44. The average Bonchev–Trinajstić information content (AvgIpc) is 3.40. The van der Waals surface area contributed by atoms with Gasteiger partial charge in [0.2, 0.25) is 5.95 Å². The highest BCUT2D eigenvalue weighted by molar-refractivity contribution is 6.06. The molecule has 1 unspecified atom stereocenters. The van der Waals surface area contributed by atoms with Crippen molar-refractivity contribution in [2.24, 2.45) is 0 Å². The van der Waals surface area contributed by atoms with Crippen LogP contribution in [-0.2, 0) is 4.79 Å². The Balaban J connectivity index is 1.69. The molecule has 0 saturated carbocycles. The van der Waals surface area contributed by atoms with E-state index in [1.165, 1.54) is 0 Å². The van der Waals surface area contributed by atoms with E-state index in [2.05, 4.69) is 10.6 Å². The van der Waals surface area contributed by atoms with Crippen LogP contribution in [0.4, 0.5) is 11.6 Å². The minimum Gasteiger partial charge on any atom is -0.496 e. The van der Waals surface area contributed by atoms with Crippen molar-refractivity contribution in [2.75, 3.05) is 39.1 Å². The van der Waals surface area contributed by atoms with Crippen LogP contribution in [0.15, 0.2) is 78.0 Å². The maximum atomic E-state index is 14.0. The molecule has 2 heterocycles. The van der Waals surface area contributed by atoms with Crippen LogP contribution in [0.1, 0.15) is 18.5 Å². The number of carbonyl (C=O) groups excluding carboxylic acids is 1. The Hall–Kier alpha value is -4.99. The van der Waals surface area contributed by atoms with E-state index in [1.807, 2.05) is 49.4 Å². The van der Waals surface area contributed by atoms with E-state index in [0.717, 1.165) is 5.56 Å². The van der Waals surface area contributed by atoms with Gasteiger partial charge in [-0.2, -0.15) is 4.98 Å². The molecule has 39 heavy (non-hydrogen) atoms. The summed E-state index contributed by atoms with van der Waals surface area (Å²) in [6, 6.07) is 19.7. The van der Waals surface area contributed by atoms with Crippen molar-refractivity contribution in [3.63, 3.8) is 0 Å². The first kappa shape index (κ1) is 25.7. The third kappa shape index (κ3) is 4.72. The highest BCUT2D eigenvalue weighted by atomic mass is 16.5. The number of ether oxygens (including phenoxy) is 4. The van der Waals surface area contributed by atoms with E-state index in [1.54, 1.807) is 57.4 Å². The second-order valence-corrected chi connectivity index (χ2v) is 8.74. The van der Waals surface area contributed by atoms with Crippen LogP contribution in [0.25, 0.3) is 11.4 Å². The molecule has 1 amide bonds. The molecule has 10 heteroatoms. The fourth-order valence-electron chi connectivity index (χ4n) is 4.65. The number of hydrogen-bond donors (Lipinski definition) is 2. The average molecular weight is 528 g/mol. The molecule has 5 rings (SSSR count). The van der Waals surface area contributed by atoms with Crippen LogP contribution in [0.3, 0.4) is 0 Å². The lowest BCUT2D eigenvalue weighted by Crippen LogP contribution is -2.32. The predicted octanol–water partition coefficient (Wildman–Crippen LogP) is 4.91. The number of allylic oxidation sites excluding steroid dienone is 1. The fourth-order valence-corrected chi connectivity index (χ4v) is 4.65. The van der Waals surface area contributed by atoms with Crippen LogP contribution in [0.2, 0.25) is 0 Å². The van der Waals surface area contributed by atoms with Gasteiger partial charge in [0.25, 0.3) is 5.91 Å². The van der Waals surface area contributed by atoms with E-state index in [0.29, 0.717) is 57.3 Å². The Morgan fingerprint density at radius 1 is 0.846 bits per heavy atom. The maximum absolute atomic E-state index is 14.0. The molecular weight excluding hydrogens is 498 g/mol. The number of aromatic nitrogens is 3. The van der Waals surface area contributed by atoms with Gasteiger partial charge < -0.3 is 29.6 Å². The van der Waals surface area contributed by atoms with Gasteiger partial charge in [0.05, 0.1) is 39.7 Å². The number of hydrogen-bond acceptors (Lipinski definition) is 8. The number of nitrogens with zero attached hydrogens (tertiary/aromatic N) is 3. The molecule has 200 valence electrons. The summed E-state index contributed by atoms with van der Waals surface area (Å²) in [6.45, 7) is 1.83. The zero-order valence-electron chi connectivity index (χ0n) is 22.3. The number of anilines is 2. The molecule has 1 aliphatic heterocycles. The first-order valence-electron chi connectivity index (χ1n) is 12.2. The molecule has 1 atom stereocenters. The van der Waals surface area contributed by atoms with Gasteiger partial charge in [0, 0.05) is 22.9 Å². The molecule has 1 aromatic heterocycles. The Morgan fingerprint density at radius 3 is 2.18 bits per heavy atom. The van der Waals surface area contributed by atoms with Crippen molar-refractivity contribution < 1.29 is 23.7 Å². The van der Waals surface area contributed by atoms with Gasteiger partial charge in [0.1, 0.15) is 17.5 Å². The molecule has 0 saturated heterocycles. The van der Waals surface area contributed by atoms with Crippen molar-refractivity contribution in [2.45, 2.75) is 13.0 Å². The van der Waals surface area contributed by atoms with E-state index in [4.69, 9.17) is 29.0 Å². The molecule has 0 aliphatic carbocycles. The summed E-state index contributed by atoms with van der Waals surface area (Å²) in [5.41, 5.74) is 3.06. The van der Waals surface area contributed by atoms with Crippen LogP contribution >= 0.6 is 0 Å². The first-order chi connectivity index (χ1) is 19.0. The summed E-state index contributed by atoms with van der Waals surface area (Å²) in [5.74, 6) is 2.69. The zero-order chi connectivity index (χ0) is 27.5. The fraction of sp³-hybridized carbons (Fsp3) is 0.207. The van der Waals surface area contributed by atoms with Gasteiger partial charge in [0.15, 0.2) is 17.3 Å². The SMILES string of the molecule is COc1ccccc1NC(=O)C1=C(C)Nc2nc(-c3ccccc3)nn2C1c1cc(OC)c(OC)cc1OC. The summed E-state index contributed by atoms with van der Waals surface area (Å²) in [4.78, 5) is 18.7. The number of rotatable bonds is 8. The molecule has 0 radical (unpaired) electrons. The van der Waals surface area contributed by atoms with Gasteiger partial charge in [-0.1, -0.05) is 42.5 Å². The molecular formula is C29H29N5O5. The van der Waals surface area contributed by atoms with Crippen molar-refractivity contribution >= 4 is 17.5 Å². The Kier molecular flexibility index (Phi) is 7.09. The van der Waals surface area contributed by atoms with E-state index in [-0.39, 0.29) is 5.91 Å². The molecule has 3 aromatic carbocycles. The number of nitrogens with one attached hydrogen (secondary N) is 2. The summed E-state index contributed by atoms with van der Waals surface area (Å²) in [5, 5.41) is 11.1. The lowest BCUT2D eigenvalue weighted by Gasteiger charge is -2.30. The lowest BCUT2D eigenvalue weighted by atomic mass is 9.93. The molecule has 0 fully saturated rings. The highest BCUT2D eigenvalue weighted by Gasteiger charge is 2.37. The molecule has 0 spiro atoms. The smallest absolute Gasteiger partial charge is 0.255 e. The van der Waals surface area contributed by atoms with Crippen LogP contribution < -0.4 is 29.6 Å². The van der Waals surface area contributed by atoms with E-state index < -0.39 is 6.04 Å². The van der Waals surface area contributed by atoms with Gasteiger partial charge in [-0.3, -0.25) is 4.79 Å². The monoisotopic (exact) mass is 527 g/mol. The molecule has 0 bridgehead atoms. The summed E-state index contributed by atoms with van der Waals surface area (Å²) >= 11 is 0. The van der Waals surface area contributed by atoms with Crippen molar-refractivity contribution in [3.8, 4) is 34.4 Å². The largest absolute Gasteiger partial charge is 0.496 e. The Morgan fingerprint density at radius 2 is 1.49 bits per heavy atom. The number of benzene rings is 3. The Bertz CT molecular complexity index is 1550. The molecule has 2 N–H and O–H groups in total. The van der Waals surface area contributed by atoms with E-state index >= 15 is 0 Å². The van der Waals surface area contributed by atoms with Gasteiger partial charge in [-0.15, -0.1) is 5.10 Å². The molecule has 4 aromatic rings. The molecule has 1 aliphatic rings. The minimum atomic E-state index is -0.712. The quantitative estimate of drug-likeness (QED) is 0.333. The van der Waals surface area contributed by atoms with E-state index in [9.17, 15) is 4.79 Å². The third-order valence-corrected chi connectivity index (χ3v) is 6.51. The second kappa shape index (κ2) is 10.8. The van der Waals surface area contributed by atoms with Gasteiger partial charge in [-0.05, 0) is 25.1 Å². The Labute approximate surface area is 226 Å². The topological polar surface area (TPSA) is 109 Å². The van der Waals surface area contributed by atoms with Crippen LogP contribution in [0, 0.1) is 0 Å². The van der Waals surface area contributed by atoms with Crippen molar-refractivity contribution in [3.05, 3.63) is 83.6 Å². The summed E-state index contributed by atoms with van der Waals surface area (Å²) in [7, 11) is 6.23. The first-order valence-corrected chi connectivity index (χ1v) is 12.2. The normalized spacial score (nSPS) is 14.2. The van der Waals surface area contributed by atoms with Crippen molar-refractivity contribution in [1.29, 1.82) is 0 Å². The number of para-hydroxylation sites is 2. The van der Waals surface area contributed by atoms with Crippen LogP contribution in [0.5, 0.6) is 23.0 Å². The predicted molar refractivity (Wildman–Crippen MR) is 148 cm³/mol. The number of fused-ring (bicyclic) bond motifs is 1. The third-order valence-electron chi connectivity index (χ3n) is 6.51.